The molecule has 2 rings (SSSR count). The molecule has 0 aliphatic carbocycles. The van der Waals surface area contributed by atoms with Crippen LogP contribution in [0.1, 0.15) is 67.8 Å². The third kappa shape index (κ3) is 3.54. The van der Waals surface area contributed by atoms with Crippen LogP contribution < -0.4 is 5.32 Å². The molecule has 1 atom stereocenters. The normalized spacial score (nSPS) is 12.9. The SMILES string of the molecule is CNC(c1ccccc1)c1ccc(C(C)C)cc1C(C)C. The summed E-state index contributed by atoms with van der Waals surface area (Å²) in [6, 6.07) is 17.9. The van der Waals surface area contributed by atoms with E-state index in [1.54, 1.807) is 0 Å². The van der Waals surface area contributed by atoms with Crippen molar-refractivity contribution in [2.75, 3.05) is 7.05 Å². The van der Waals surface area contributed by atoms with E-state index in [2.05, 4.69) is 81.5 Å². The summed E-state index contributed by atoms with van der Waals surface area (Å²) in [5, 5.41) is 3.48. The second-order valence-electron chi connectivity index (χ2n) is 6.33. The molecule has 0 amide bonds. The van der Waals surface area contributed by atoms with Crippen molar-refractivity contribution >= 4 is 0 Å². The Morgan fingerprint density at radius 2 is 1.38 bits per heavy atom. The van der Waals surface area contributed by atoms with Crippen LogP contribution in [-0.2, 0) is 0 Å². The highest BCUT2D eigenvalue weighted by atomic mass is 14.9. The van der Waals surface area contributed by atoms with Gasteiger partial charge in [-0.1, -0.05) is 76.2 Å². The average Bonchev–Trinajstić information content (AvgIpc) is 2.49. The van der Waals surface area contributed by atoms with Gasteiger partial charge in [0.25, 0.3) is 0 Å². The third-order valence-corrected chi connectivity index (χ3v) is 4.13. The first kappa shape index (κ1) is 15.8. The van der Waals surface area contributed by atoms with Crippen LogP contribution >= 0.6 is 0 Å². The van der Waals surface area contributed by atoms with Crippen molar-refractivity contribution in [3.8, 4) is 0 Å². The Morgan fingerprint density at radius 1 is 0.714 bits per heavy atom. The van der Waals surface area contributed by atoms with E-state index in [0.29, 0.717) is 11.8 Å². The van der Waals surface area contributed by atoms with Gasteiger partial charge in [0.1, 0.15) is 0 Å². The van der Waals surface area contributed by atoms with Crippen molar-refractivity contribution in [3.63, 3.8) is 0 Å². The molecule has 21 heavy (non-hydrogen) atoms. The van der Waals surface area contributed by atoms with Gasteiger partial charge in [-0.25, -0.2) is 0 Å². The van der Waals surface area contributed by atoms with Gasteiger partial charge in [-0.05, 0) is 41.1 Å². The van der Waals surface area contributed by atoms with Crippen LogP contribution in [0.3, 0.4) is 0 Å². The van der Waals surface area contributed by atoms with Gasteiger partial charge in [0.2, 0.25) is 0 Å². The molecule has 0 aliphatic rings. The summed E-state index contributed by atoms with van der Waals surface area (Å²) in [4.78, 5) is 0. The Balaban J connectivity index is 2.51. The maximum Gasteiger partial charge on any atom is 0.0577 e. The first-order valence-electron chi connectivity index (χ1n) is 7.90. The van der Waals surface area contributed by atoms with E-state index >= 15 is 0 Å². The quantitative estimate of drug-likeness (QED) is 0.790. The van der Waals surface area contributed by atoms with Crippen LogP contribution in [0.25, 0.3) is 0 Å². The predicted octanol–water partition coefficient (Wildman–Crippen LogP) is 5.24. The van der Waals surface area contributed by atoms with Crippen molar-refractivity contribution in [1.29, 1.82) is 0 Å². The molecule has 0 spiro atoms. The highest BCUT2D eigenvalue weighted by Crippen LogP contribution is 2.31. The fraction of sp³-hybridized carbons (Fsp3) is 0.400. The first-order chi connectivity index (χ1) is 10.0. The Labute approximate surface area is 129 Å². The van der Waals surface area contributed by atoms with Gasteiger partial charge in [-0.15, -0.1) is 0 Å². The summed E-state index contributed by atoms with van der Waals surface area (Å²) in [6.45, 7) is 9.07. The van der Waals surface area contributed by atoms with Crippen LogP contribution in [0.5, 0.6) is 0 Å². The minimum Gasteiger partial charge on any atom is -0.309 e. The maximum atomic E-state index is 3.48. The van der Waals surface area contributed by atoms with E-state index in [-0.39, 0.29) is 6.04 Å². The van der Waals surface area contributed by atoms with Crippen molar-refractivity contribution in [2.45, 2.75) is 45.6 Å². The number of hydrogen-bond acceptors (Lipinski definition) is 1. The molecule has 1 heteroatoms. The topological polar surface area (TPSA) is 12.0 Å². The van der Waals surface area contributed by atoms with Crippen molar-refractivity contribution < 1.29 is 0 Å². The fourth-order valence-corrected chi connectivity index (χ4v) is 2.86. The number of benzene rings is 2. The summed E-state index contributed by atoms with van der Waals surface area (Å²) in [5.41, 5.74) is 5.58. The van der Waals surface area contributed by atoms with Gasteiger partial charge in [0.05, 0.1) is 6.04 Å². The molecule has 0 heterocycles. The number of nitrogens with one attached hydrogen (secondary N) is 1. The lowest BCUT2D eigenvalue weighted by Gasteiger charge is -2.24. The maximum absolute atomic E-state index is 3.48. The minimum atomic E-state index is 0.254. The summed E-state index contributed by atoms with van der Waals surface area (Å²) < 4.78 is 0. The lowest BCUT2D eigenvalue weighted by atomic mass is 9.86. The van der Waals surface area contributed by atoms with E-state index in [1.807, 2.05) is 7.05 Å². The Kier molecular flexibility index (Phi) is 5.19. The number of hydrogen-bond donors (Lipinski definition) is 1. The standard InChI is InChI=1S/C20H27N/c1-14(2)17-11-12-18(19(13-17)15(3)4)20(21-5)16-9-7-6-8-10-16/h6-15,20-21H,1-5H3. The zero-order chi connectivity index (χ0) is 15.4. The zero-order valence-electron chi connectivity index (χ0n) is 13.9. The van der Waals surface area contributed by atoms with Crippen LogP contribution in [0.2, 0.25) is 0 Å². The molecule has 2 aromatic rings. The first-order valence-corrected chi connectivity index (χ1v) is 7.90. The van der Waals surface area contributed by atoms with E-state index in [0.717, 1.165) is 0 Å². The molecule has 1 nitrogen and oxygen atoms in total. The molecular weight excluding hydrogens is 254 g/mol. The molecule has 2 aromatic carbocycles. The van der Waals surface area contributed by atoms with E-state index in [9.17, 15) is 0 Å². The monoisotopic (exact) mass is 281 g/mol. The summed E-state index contributed by atoms with van der Waals surface area (Å²) in [7, 11) is 2.04. The lowest BCUT2D eigenvalue weighted by Crippen LogP contribution is -2.19. The second kappa shape index (κ2) is 6.91. The molecule has 0 saturated carbocycles. The molecule has 0 saturated heterocycles. The summed E-state index contributed by atoms with van der Waals surface area (Å²) in [5.74, 6) is 1.10. The number of rotatable bonds is 5. The molecule has 0 aromatic heterocycles. The molecular formula is C20H27N. The lowest BCUT2D eigenvalue weighted by molar-refractivity contribution is 0.672. The molecule has 0 aliphatic heterocycles. The largest absolute Gasteiger partial charge is 0.309 e. The predicted molar refractivity (Wildman–Crippen MR) is 92.0 cm³/mol. The van der Waals surface area contributed by atoms with E-state index < -0.39 is 0 Å². The van der Waals surface area contributed by atoms with Crippen LogP contribution in [0, 0.1) is 0 Å². The highest BCUT2D eigenvalue weighted by molar-refractivity contribution is 5.42. The summed E-state index contributed by atoms with van der Waals surface area (Å²) in [6.07, 6.45) is 0. The van der Waals surface area contributed by atoms with Crippen LogP contribution in [0.4, 0.5) is 0 Å². The Hall–Kier alpha value is -1.60. The van der Waals surface area contributed by atoms with Gasteiger partial charge >= 0.3 is 0 Å². The van der Waals surface area contributed by atoms with Crippen molar-refractivity contribution in [1.82, 2.24) is 5.32 Å². The van der Waals surface area contributed by atoms with Crippen molar-refractivity contribution in [2.24, 2.45) is 0 Å². The van der Waals surface area contributed by atoms with Crippen molar-refractivity contribution in [3.05, 3.63) is 70.8 Å². The van der Waals surface area contributed by atoms with Gasteiger partial charge in [0.15, 0.2) is 0 Å². The van der Waals surface area contributed by atoms with E-state index in [4.69, 9.17) is 0 Å². The van der Waals surface area contributed by atoms with Crippen LogP contribution in [-0.4, -0.2) is 7.05 Å². The molecule has 112 valence electrons. The molecule has 0 bridgehead atoms. The smallest absolute Gasteiger partial charge is 0.0577 e. The van der Waals surface area contributed by atoms with Gasteiger partial charge in [0, 0.05) is 0 Å². The second-order valence-corrected chi connectivity index (χ2v) is 6.33. The third-order valence-electron chi connectivity index (χ3n) is 4.13. The van der Waals surface area contributed by atoms with Gasteiger partial charge < -0.3 is 5.32 Å². The molecule has 0 fully saturated rings. The fourth-order valence-electron chi connectivity index (χ4n) is 2.86. The summed E-state index contributed by atoms with van der Waals surface area (Å²) >= 11 is 0. The van der Waals surface area contributed by atoms with Crippen LogP contribution in [0.15, 0.2) is 48.5 Å². The Bertz CT molecular complexity index is 570. The minimum absolute atomic E-state index is 0.254. The molecule has 0 radical (unpaired) electrons. The van der Waals surface area contributed by atoms with E-state index in [1.165, 1.54) is 22.3 Å². The average molecular weight is 281 g/mol. The molecule has 1 N–H and O–H groups in total. The zero-order valence-corrected chi connectivity index (χ0v) is 13.9. The molecule has 1 unspecified atom stereocenters. The van der Waals surface area contributed by atoms with Gasteiger partial charge in [-0.2, -0.15) is 0 Å². The van der Waals surface area contributed by atoms with Gasteiger partial charge in [-0.3, -0.25) is 0 Å². The Morgan fingerprint density at radius 3 is 1.90 bits per heavy atom. The highest BCUT2D eigenvalue weighted by Gasteiger charge is 2.18.